The second kappa shape index (κ2) is 4.28. The van der Waals surface area contributed by atoms with Crippen LogP contribution >= 0.6 is 33.9 Å². The van der Waals surface area contributed by atoms with Gasteiger partial charge < -0.3 is 0 Å². The molecule has 0 atom stereocenters. The van der Waals surface area contributed by atoms with Gasteiger partial charge in [0.25, 0.3) is 0 Å². The molecule has 0 fully saturated rings. The fourth-order valence-electron chi connectivity index (χ4n) is 0.837. The van der Waals surface area contributed by atoms with Crippen molar-refractivity contribution < 1.29 is 4.57 Å². The Labute approximate surface area is 79.2 Å². The van der Waals surface area contributed by atoms with Gasteiger partial charge in [0.1, 0.15) is 6.54 Å². The number of hydrogen-bond acceptors (Lipinski definition) is 1. The lowest BCUT2D eigenvalue weighted by atomic mass is 10.5. The predicted molar refractivity (Wildman–Crippen MR) is 52.8 cm³/mol. The average molecular weight is 268 g/mol. The fraction of sp³-hybridized carbons (Fsp3) is 0.571. The molecule has 0 aliphatic heterocycles. The topological polar surface area (TPSA) is 3.88 Å². The van der Waals surface area contributed by atoms with Crippen molar-refractivity contribution in [1.82, 2.24) is 0 Å². The molecular weight excluding hydrogens is 257 g/mol. The van der Waals surface area contributed by atoms with E-state index in [0.29, 0.717) is 0 Å². The number of aromatic nitrogens is 1. The Kier molecular flexibility index (Phi) is 3.62. The van der Waals surface area contributed by atoms with E-state index in [1.54, 1.807) is 0 Å². The number of thiazole rings is 1. The number of rotatable bonds is 3. The third kappa shape index (κ3) is 2.20. The highest BCUT2D eigenvalue weighted by Crippen LogP contribution is 1.99. The Morgan fingerprint density at radius 1 is 1.70 bits per heavy atom. The molecule has 0 saturated carbocycles. The average Bonchev–Trinajstić information content (AvgIpc) is 2.31. The minimum absolute atomic E-state index is 1.18. The summed E-state index contributed by atoms with van der Waals surface area (Å²) in [6, 6.07) is 0. The highest BCUT2D eigenvalue weighted by Gasteiger charge is 2.04. The minimum Gasteiger partial charge on any atom is -0.193 e. The molecule has 3 heteroatoms. The first kappa shape index (κ1) is 8.46. The van der Waals surface area contributed by atoms with Gasteiger partial charge in [-0.3, -0.25) is 0 Å². The van der Waals surface area contributed by atoms with E-state index in [1.165, 1.54) is 22.4 Å². The van der Waals surface area contributed by atoms with Crippen LogP contribution in [0.4, 0.5) is 0 Å². The lowest BCUT2D eigenvalue weighted by Crippen LogP contribution is -2.33. The van der Waals surface area contributed by atoms with Gasteiger partial charge in [0.05, 0.1) is 5.38 Å². The zero-order valence-corrected chi connectivity index (χ0v) is 8.98. The van der Waals surface area contributed by atoms with Gasteiger partial charge >= 0.3 is 0 Å². The molecule has 0 aliphatic carbocycles. The summed E-state index contributed by atoms with van der Waals surface area (Å²) in [5.74, 6) is 0. The first-order valence-corrected chi connectivity index (χ1v) is 5.74. The Balaban J connectivity index is 2.49. The number of halogens is 1. The minimum atomic E-state index is 1.18. The smallest absolute Gasteiger partial charge is 0.193 e. The monoisotopic (exact) mass is 268 g/mol. The summed E-state index contributed by atoms with van der Waals surface area (Å²) in [5, 5.41) is 3.55. The quantitative estimate of drug-likeness (QED) is 0.449. The Morgan fingerprint density at radius 2 is 2.50 bits per heavy atom. The van der Waals surface area contributed by atoms with E-state index in [4.69, 9.17) is 0 Å². The largest absolute Gasteiger partial charge is 0.234 e. The van der Waals surface area contributed by atoms with Crippen LogP contribution in [-0.2, 0) is 6.54 Å². The molecule has 0 aliphatic rings. The molecule has 0 unspecified atom stereocenters. The maximum atomic E-state index is 2.41. The number of alkyl halides is 1. The van der Waals surface area contributed by atoms with Crippen LogP contribution < -0.4 is 4.57 Å². The molecule has 0 N–H and O–H groups in total. The highest BCUT2D eigenvalue weighted by molar-refractivity contribution is 14.1. The van der Waals surface area contributed by atoms with Crippen LogP contribution in [0.1, 0.15) is 11.4 Å². The summed E-state index contributed by atoms with van der Waals surface area (Å²) >= 11 is 4.23. The van der Waals surface area contributed by atoms with Gasteiger partial charge in [-0.2, -0.15) is 4.57 Å². The molecule has 10 heavy (non-hydrogen) atoms. The van der Waals surface area contributed by atoms with E-state index in [2.05, 4.69) is 45.7 Å². The number of nitrogens with zero attached hydrogens (tertiary/aromatic N) is 1. The Morgan fingerprint density at radius 3 is 3.00 bits per heavy atom. The lowest BCUT2D eigenvalue weighted by Gasteiger charge is -1.89. The molecule has 1 aromatic rings. The summed E-state index contributed by atoms with van der Waals surface area (Å²) in [5.41, 5.74) is 0. The second-order valence-electron chi connectivity index (χ2n) is 2.16. The highest BCUT2D eigenvalue weighted by atomic mass is 127. The van der Waals surface area contributed by atoms with Crippen molar-refractivity contribution in [2.45, 2.75) is 19.9 Å². The summed E-state index contributed by atoms with van der Waals surface area (Å²) in [7, 11) is 0. The summed E-state index contributed by atoms with van der Waals surface area (Å²) in [4.78, 5) is 0. The molecule has 0 radical (unpaired) electrons. The van der Waals surface area contributed by atoms with Crippen molar-refractivity contribution in [1.29, 1.82) is 0 Å². The molecule has 1 aromatic heterocycles. The van der Waals surface area contributed by atoms with Crippen LogP contribution in [0.5, 0.6) is 0 Å². The van der Waals surface area contributed by atoms with E-state index < -0.39 is 0 Å². The van der Waals surface area contributed by atoms with Crippen molar-refractivity contribution in [3.05, 3.63) is 16.6 Å². The maximum Gasteiger partial charge on any atom is 0.234 e. The van der Waals surface area contributed by atoms with Crippen molar-refractivity contribution in [2.24, 2.45) is 0 Å². The van der Waals surface area contributed by atoms with Gasteiger partial charge in [-0.25, -0.2) is 0 Å². The molecule has 1 rings (SSSR count). The normalized spacial score (nSPS) is 10.2. The third-order valence-corrected chi connectivity index (χ3v) is 3.01. The zero-order valence-electron chi connectivity index (χ0n) is 6.01. The van der Waals surface area contributed by atoms with Crippen molar-refractivity contribution in [3.8, 4) is 0 Å². The summed E-state index contributed by atoms with van der Waals surface area (Å²) in [6.45, 7) is 3.34. The van der Waals surface area contributed by atoms with Gasteiger partial charge in [-0.15, -0.1) is 0 Å². The predicted octanol–water partition coefficient (Wildman–Crippen LogP) is 2.17. The number of hydrogen-bond donors (Lipinski definition) is 0. The van der Waals surface area contributed by atoms with Crippen molar-refractivity contribution in [3.63, 3.8) is 0 Å². The van der Waals surface area contributed by atoms with Gasteiger partial charge in [0, 0.05) is 17.8 Å². The van der Waals surface area contributed by atoms with Gasteiger partial charge in [-0.1, -0.05) is 33.9 Å². The van der Waals surface area contributed by atoms with Crippen molar-refractivity contribution in [2.75, 3.05) is 4.43 Å². The van der Waals surface area contributed by atoms with E-state index in [-0.39, 0.29) is 0 Å². The molecule has 0 amide bonds. The van der Waals surface area contributed by atoms with E-state index in [9.17, 15) is 0 Å². The molecule has 0 bridgehead atoms. The molecule has 1 nitrogen and oxygen atoms in total. The Hall–Kier alpha value is 0.360. The standard InChI is InChI=1S/C7H11INS/c1-7-9(4-2-3-8)5-6-10-7/h5-6H,2-4H2,1H3/q+1. The van der Waals surface area contributed by atoms with E-state index in [0.717, 1.165) is 0 Å². The van der Waals surface area contributed by atoms with E-state index >= 15 is 0 Å². The second-order valence-corrected chi connectivity index (χ2v) is 4.34. The summed E-state index contributed by atoms with van der Waals surface area (Å²) in [6.07, 6.45) is 3.44. The molecule has 1 heterocycles. The lowest BCUT2D eigenvalue weighted by molar-refractivity contribution is -0.697. The van der Waals surface area contributed by atoms with Gasteiger partial charge in [0.15, 0.2) is 6.20 Å². The SMILES string of the molecule is Cc1scc[n+]1CCCI. The van der Waals surface area contributed by atoms with Gasteiger partial charge in [0.2, 0.25) is 5.01 Å². The van der Waals surface area contributed by atoms with Crippen LogP contribution in [-0.4, -0.2) is 4.43 Å². The first-order chi connectivity index (χ1) is 4.84. The van der Waals surface area contributed by atoms with E-state index in [1.807, 2.05) is 11.3 Å². The van der Waals surface area contributed by atoms with Crippen LogP contribution in [0.15, 0.2) is 11.6 Å². The number of aryl methyl sites for hydroxylation is 2. The Bertz CT molecular complexity index is 197. The van der Waals surface area contributed by atoms with Crippen LogP contribution in [0.2, 0.25) is 0 Å². The summed E-state index contributed by atoms with van der Waals surface area (Å²) < 4.78 is 3.56. The molecule has 0 aromatic carbocycles. The molecule has 0 spiro atoms. The molecule has 0 saturated heterocycles. The van der Waals surface area contributed by atoms with Crippen LogP contribution in [0.3, 0.4) is 0 Å². The van der Waals surface area contributed by atoms with Crippen LogP contribution in [0.25, 0.3) is 0 Å². The molecular formula is C7H11INS+. The third-order valence-electron chi connectivity index (χ3n) is 1.42. The van der Waals surface area contributed by atoms with Crippen LogP contribution in [0, 0.1) is 6.92 Å². The van der Waals surface area contributed by atoms with Crippen molar-refractivity contribution >= 4 is 33.9 Å². The first-order valence-electron chi connectivity index (χ1n) is 3.34. The maximum absolute atomic E-state index is 2.41. The molecule has 56 valence electrons. The van der Waals surface area contributed by atoms with Gasteiger partial charge in [-0.05, 0) is 0 Å². The fourth-order valence-corrected chi connectivity index (χ4v) is 1.87. The zero-order chi connectivity index (χ0) is 7.40.